The van der Waals surface area contributed by atoms with Crippen molar-refractivity contribution < 1.29 is 18.3 Å². The van der Waals surface area contributed by atoms with Gasteiger partial charge in [0.2, 0.25) is 0 Å². The molecule has 9 nitrogen and oxygen atoms in total. The lowest BCUT2D eigenvalue weighted by atomic mass is 9.61. The Morgan fingerprint density at radius 3 is 2.71 bits per heavy atom. The molecule has 3 aliphatic carbocycles. The summed E-state index contributed by atoms with van der Waals surface area (Å²) in [6.07, 6.45) is 8.77. The zero-order valence-electron chi connectivity index (χ0n) is 20.8. The monoisotopic (exact) mass is 543 g/mol. The average molecular weight is 544 g/mol. The molecule has 3 fully saturated rings. The van der Waals surface area contributed by atoms with Gasteiger partial charge < -0.3 is 19.6 Å². The van der Waals surface area contributed by atoms with E-state index < -0.39 is 19.4 Å². The molecule has 2 bridgehead atoms. The van der Waals surface area contributed by atoms with E-state index in [4.69, 9.17) is 26.3 Å². The van der Waals surface area contributed by atoms with E-state index in [-0.39, 0.29) is 34.9 Å². The highest BCUT2D eigenvalue weighted by Gasteiger charge is 2.48. The van der Waals surface area contributed by atoms with Crippen LogP contribution in [-0.4, -0.2) is 61.5 Å². The first-order valence-corrected chi connectivity index (χ1v) is 13.3. The molecule has 0 aliphatic heterocycles. The van der Waals surface area contributed by atoms with E-state index in [0.29, 0.717) is 46.0 Å². The van der Waals surface area contributed by atoms with Crippen LogP contribution in [0, 0.1) is 17.8 Å². The zero-order chi connectivity index (χ0) is 26.4. The average Bonchev–Trinajstić information content (AvgIpc) is 3.54. The molecule has 0 spiro atoms. The fourth-order valence-electron chi connectivity index (χ4n) is 6.18. The predicted molar refractivity (Wildman–Crippen MR) is 139 cm³/mol. The quantitative estimate of drug-likeness (QED) is 0.291. The number of hydrogen-bond acceptors (Lipinski definition) is 7. The van der Waals surface area contributed by atoms with Gasteiger partial charge in [-0.25, -0.2) is 28.7 Å². The second kappa shape index (κ2) is 10.1. The molecule has 4 aromatic heterocycles. The summed E-state index contributed by atoms with van der Waals surface area (Å²) in [7, 11) is 0. The van der Waals surface area contributed by atoms with E-state index in [9.17, 15) is 13.6 Å². The summed E-state index contributed by atoms with van der Waals surface area (Å²) in [6.45, 7) is 0.372. The normalized spacial score (nSPS) is 23.0. The van der Waals surface area contributed by atoms with E-state index in [1.54, 1.807) is 18.5 Å². The van der Waals surface area contributed by atoms with Crippen molar-refractivity contribution in [2.24, 2.45) is 17.8 Å². The Balaban J connectivity index is 1.49. The number of anilines is 1. The highest BCUT2D eigenvalue weighted by atomic mass is 35.5. The van der Waals surface area contributed by atoms with Crippen molar-refractivity contribution >= 4 is 45.6 Å². The first kappa shape index (κ1) is 25.0. The molecule has 4 aromatic rings. The van der Waals surface area contributed by atoms with Gasteiger partial charge in [-0.1, -0.05) is 11.6 Å². The summed E-state index contributed by atoms with van der Waals surface area (Å²) >= 11 is 6.11. The number of aromatic amines is 1. The largest absolute Gasteiger partial charge is 0.466 e. The number of fused-ring (bicyclic) bond motifs is 5. The van der Waals surface area contributed by atoms with Gasteiger partial charge in [0.25, 0.3) is 0 Å². The summed E-state index contributed by atoms with van der Waals surface area (Å²) in [5.74, 6) is 0.835. The first-order valence-electron chi connectivity index (χ1n) is 13.0. The molecule has 0 unspecified atom stereocenters. The number of carbonyl (C=O) groups is 1. The molecule has 0 amide bonds. The number of halogens is 3. The second-order valence-corrected chi connectivity index (χ2v) is 10.4. The molecule has 4 heterocycles. The Bertz CT molecular complexity index is 1480. The Morgan fingerprint density at radius 1 is 1.21 bits per heavy atom. The molecule has 2 N–H and O–H groups in total. The molecule has 7 rings (SSSR count). The van der Waals surface area contributed by atoms with Crippen molar-refractivity contribution in [1.82, 2.24) is 29.5 Å². The minimum Gasteiger partial charge on any atom is -0.466 e. The van der Waals surface area contributed by atoms with E-state index in [1.807, 2.05) is 6.92 Å². The van der Waals surface area contributed by atoms with Gasteiger partial charge in [-0.2, -0.15) is 0 Å². The van der Waals surface area contributed by atoms with E-state index in [1.165, 1.54) is 10.8 Å². The standard InChI is InChI=1S/C26H28ClF2N7O2/c1-2-38-26(37)19-13-3-5-14(6-4-13)20(19)33-22-16-7-8-36(15(9-28)10-29)25(16)35-23(34-22)17-11-30-24-21(17)32-18(27)12-31-24/h7-8,11-15,19-20H,2-6,9-10H2,1H3,(H,30,31)(H,33,34,35)/t13?,14?,19-,20-/m1/s1. The number of ether oxygens (including phenoxy) is 1. The van der Waals surface area contributed by atoms with E-state index >= 15 is 0 Å². The summed E-state index contributed by atoms with van der Waals surface area (Å²) in [5.41, 5.74) is 1.93. The molecular weight excluding hydrogens is 516 g/mol. The Morgan fingerprint density at radius 2 is 1.97 bits per heavy atom. The van der Waals surface area contributed by atoms with Gasteiger partial charge in [-0.05, 0) is 50.5 Å². The van der Waals surface area contributed by atoms with E-state index in [0.717, 1.165) is 25.7 Å². The van der Waals surface area contributed by atoms with Crippen LogP contribution in [0.1, 0.15) is 38.6 Å². The minimum absolute atomic E-state index is 0.175. The summed E-state index contributed by atoms with van der Waals surface area (Å²) in [5, 5.41) is 4.40. The lowest BCUT2D eigenvalue weighted by molar-refractivity contribution is -0.154. The highest BCUT2D eigenvalue weighted by Crippen LogP contribution is 2.47. The predicted octanol–water partition coefficient (Wildman–Crippen LogP) is 5.28. The molecule has 12 heteroatoms. The maximum atomic E-state index is 13.8. The Hall–Kier alpha value is -3.34. The molecule has 38 heavy (non-hydrogen) atoms. The van der Waals surface area contributed by atoms with Crippen LogP contribution in [0.5, 0.6) is 0 Å². The van der Waals surface area contributed by atoms with Crippen LogP contribution in [-0.2, 0) is 9.53 Å². The van der Waals surface area contributed by atoms with Gasteiger partial charge in [0, 0.05) is 18.4 Å². The van der Waals surface area contributed by atoms with Gasteiger partial charge in [-0.3, -0.25) is 4.79 Å². The Kier molecular flexibility index (Phi) is 6.63. The van der Waals surface area contributed by atoms with E-state index in [2.05, 4.69) is 20.3 Å². The van der Waals surface area contributed by atoms with Crippen LogP contribution >= 0.6 is 11.6 Å². The fraction of sp³-hybridized carbons (Fsp3) is 0.500. The summed E-state index contributed by atoms with van der Waals surface area (Å²) in [6, 6.07) is 0.566. The second-order valence-electron chi connectivity index (χ2n) is 10.0. The van der Waals surface area contributed by atoms with Crippen molar-refractivity contribution in [3.05, 3.63) is 29.8 Å². The first-order chi connectivity index (χ1) is 18.5. The van der Waals surface area contributed by atoms with Crippen LogP contribution in [0.15, 0.2) is 24.7 Å². The number of esters is 1. The lowest BCUT2D eigenvalue weighted by Crippen LogP contribution is -2.52. The van der Waals surface area contributed by atoms with Crippen LogP contribution in [0.4, 0.5) is 14.6 Å². The number of nitrogens with one attached hydrogen (secondary N) is 2. The van der Waals surface area contributed by atoms with Crippen LogP contribution in [0.2, 0.25) is 5.15 Å². The third-order valence-electron chi connectivity index (χ3n) is 8.00. The zero-order valence-corrected chi connectivity index (χ0v) is 21.6. The third kappa shape index (κ3) is 4.16. The number of nitrogens with zero attached hydrogens (tertiary/aromatic N) is 5. The number of alkyl halides is 2. The van der Waals surface area contributed by atoms with Crippen LogP contribution in [0.3, 0.4) is 0 Å². The number of H-pyrrole nitrogens is 1. The SMILES string of the molecule is CCOC(=O)[C@@H]1C2CCC(CC2)[C@H]1Nc1nc(-c2c[nH]c3ncc(Cl)nc23)nc2c1ccn2C(CF)CF. The van der Waals surface area contributed by atoms with Crippen molar-refractivity contribution in [2.45, 2.75) is 44.7 Å². The molecule has 0 saturated heterocycles. The minimum atomic E-state index is -1.02. The topological polar surface area (TPSA) is 111 Å². The van der Waals surface area contributed by atoms with Crippen molar-refractivity contribution in [3.8, 4) is 11.4 Å². The summed E-state index contributed by atoms with van der Waals surface area (Å²) in [4.78, 5) is 34.3. The highest BCUT2D eigenvalue weighted by molar-refractivity contribution is 6.29. The number of aromatic nitrogens is 6. The van der Waals surface area contributed by atoms with Gasteiger partial charge in [0.15, 0.2) is 11.5 Å². The van der Waals surface area contributed by atoms with Crippen LogP contribution in [0.25, 0.3) is 33.6 Å². The van der Waals surface area contributed by atoms with Crippen LogP contribution < -0.4 is 5.32 Å². The van der Waals surface area contributed by atoms with Gasteiger partial charge in [0.1, 0.15) is 35.5 Å². The molecule has 0 radical (unpaired) electrons. The number of rotatable bonds is 8. The van der Waals surface area contributed by atoms with Gasteiger partial charge >= 0.3 is 5.97 Å². The van der Waals surface area contributed by atoms with Crippen molar-refractivity contribution in [1.29, 1.82) is 0 Å². The summed E-state index contributed by atoms with van der Waals surface area (Å²) < 4.78 is 34.5. The maximum Gasteiger partial charge on any atom is 0.311 e. The number of hydrogen-bond donors (Lipinski definition) is 2. The Labute approximate surface area is 222 Å². The smallest absolute Gasteiger partial charge is 0.311 e. The van der Waals surface area contributed by atoms with Crippen molar-refractivity contribution in [2.75, 3.05) is 25.3 Å². The molecule has 200 valence electrons. The fourth-order valence-corrected chi connectivity index (χ4v) is 6.31. The molecule has 0 aromatic carbocycles. The van der Waals surface area contributed by atoms with Gasteiger partial charge in [-0.15, -0.1) is 0 Å². The molecular formula is C26H28ClF2N7O2. The van der Waals surface area contributed by atoms with Gasteiger partial charge in [0.05, 0.1) is 35.7 Å². The molecule has 2 atom stereocenters. The third-order valence-corrected chi connectivity index (χ3v) is 8.18. The molecule has 3 saturated carbocycles. The number of carbonyl (C=O) groups excluding carboxylic acids is 1. The lowest BCUT2D eigenvalue weighted by Gasteiger charge is -2.47. The molecule has 3 aliphatic rings. The van der Waals surface area contributed by atoms with Crippen molar-refractivity contribution in [3.63, 3.8) is 0 Å². The maximum absolute atomic E-state index is 13.8.